The van der Waals surface area contributed by atoms with E-state index in [9.17, 15) is 0 Å². The highest BCUT2D eigenvalue weighted by Crippen LogP contribution is 2.41. The maximum Gasteiger partial charge on any atom is 0.136 e. The van der Waals surface area contributed by atoms with E-state index >= 15 is 0 Å². The van der Waals surface area contributed by atoms with E-state index in [-0.39, 0.29) is 0 Å². The molecular weight excluding hydrogens is 472 g/mol. The van der Waals surface area contributed by atoms with Crippen LogP contribution in [0.3, 0.4) is 0 Å². The van der Waals surface area contributed by atoms with E-state index in [1.165, 1.54) is 65.0 Å². The van der Waals surface area contributed by atoms with Gasteiger partial charge in [0, 0.05) is 10.8 Å². The molecule has 0 atom stereocenters. The molecule has 0 saturated carbocycles. The SMILES string of the molecule is c1ccc2c(-c3ccc4cc5c(cc4c3)oc3cc4c6ccccc6c6ccccc6c4cc35)cccc2c1. The fraction of sp³-hybridized carbons (Fsp3) is 0. The van der Waals surface area contributed by atoms with Crippen molar-refractivity contribution in [2.75, 3.05) is 0 Å². The van der Waals surface area contributed by atoms with Crippen LogP contribution in [0.15, 0.2) is 138 Å². The predicted octanol–water partition coefficient (Wildman–Crippen LogP) is 11.0. The zero-order valence-corrected chi connectivity index (χ0v) is 21.1. The van der Waals surface area contributed by atoms with Crippen molar-refractivity contribution in [2.24, 2.45) is 0 Å². The Labute approximate surface area is 224 Å². The molecule has 39 heavy (non-hydrogen) atoms. The number of hydrogen-bond donors (Lipinski definition) is 0. The monoisotopic (exact) mass is 494 g/mol. The second-order valence-corrected chi connectivity index (χ2v) is 10.5. The lowest BCUT2D eigenvalue weighted by Crippen LogP contribution is -1.83. The van der Waals surface area contributed by atoms with E-state index in [1.807, 2.05) is 0 Å². The molecule has 0 N–H and O–H groups in total. The first-order valence-electron chi connectivity index (χ1n) is 13.4. The zero-order chi connectivity index (χ0) is 25.5. The molecule has 0 fully saturated rings. The quantitative estimate of drug-likeness (QED) is 0.207. The normalized spacial score (nSPS) is 12.1. The minimum atomic E-state index is 0.927. The van der Waals surface area contributed by atoms with Crippen molar-refractivity contribution < 1.29 is 4.42 Å². The average molecular weight is 495 g/mol. The molecule has 9 aromatic rings. The minimum absolute atomic E-state index is 0.927. The second kappa shape index (κ2) is 7.69. The highest BCUT2D eigenvalue weighted by atomic mass is 16.3. The van der Waals surface area contributed by atoms with Crippen molar-refractivity contribution in [1.29, 1.82) is 0 Å². The highest BCUT2D eigenvalue weighted by Gasteiger charge is 2.14. The van der Waals surface area contributed by atoms with Crippen molar-refractivity contribution in [3.63, 3.8) is 0 Å². The van der Waals surface area contributed by atoms with Crippen LogP contribution in [0.5, 0.6) is 0 Å². The molecule has 0 radical (unpaired) electrons. The van der Waals surface area contributed by atoms with Gasteiger partial charge in [0.2, 0.25) is 0 Å². The number of benzene rings is 8. The van der Waals surface area contributed by atoms with Crippen LogP contribution in [0.25, 0.3) is 86.9 Å². The number of fused-ring (bicyclic) bond motifs is 11. The minimum Gasteiger partial charge on any atom is -0.456 e. The van der Waals surface area contributed by atoms with Gasteiger partial charge in [-0.15, -0.1) is 0 Å². The van der Waals surface area contributed by atoms with Gasteiger partial charge in [-0.3, -0.25) is 0 Å². The molecule has 0 aliphatic rings. The Bertz CT molecular complexity index is 2440. The summed E-state index contributed by atoms with van der Waals surface area (Å²) in [5.74, 6) is 0. The molecule has 0 spiro atoms. The van der Waals surface area contributed by atoms with Crippen LogP contribution in [-0.2, 0) is 0 Å². The van der Waals surface area contributed by atoms with Gasteiger partial charge in [0.25, 0.3) is 0 Å². The molecule has 0 unspecified atom stereocenters. The predicted molar refractivity (Wildman–Crippen MR) is 167 cm³/mol. The van der Waals surface area contributed by atoms with Crippen molar-refractivity contribution in [2.45, 2.75) is 0 Å². The summed E-state index contributed by atoms with van der Waals surface area (Å²) in [5.41, 5.74) is 4.34. The first-order chi connectivity index (χ1) is 19.3. The summed E-state index contributed by atoms with van der Waals surface area (Å²) in [4.78, 5) is 0. The van der Waals surface area contributed by atoms with Gasteiger partial charge in [-0.05, 0) is 95.3 Å². The van der Waals surface area contributed by atoms with E-state index in [2.05, 4.69) is 133 Å². The standard InChI is InChI=1S/C38H22O/c1-2-10-27-23(8-1)9-7-15-28(27)25-17-16-24-19-35-36-21-33-31-13-5-3-11-29(31)30-12-4-6-14-32(30)34(33)22-38(36)39-37(35)20-26(24)18-25/h1-22H. The van der Waals surface area contributed by atoms with Crippen molar-refractivity contribution in [3.05, 3.63) is 133 Å². The molecule has 0 bridgehead atoms. The Hall–Kier alpha value is -5.14. The maximum atomic E-state index is 6.55. The Balaban J connectivity index is 1.32. The molecule has 0 aliphatic carbocycles. The molecule has 180 valence electrons. The van der Waals surface area contributed by atoms with E-state index in [4.69, 9.17) is 4.42 Å². The van der Waals surface area contributed by atoms with Gasteiger partial charge in [0.15, 0.2) is 0 Å². The third-order valence-electron chi connectivity index (χ3n) is 8.39. The lowest BCUT2D eigenvalue weighted by Gasteiger charge is -2.10. The van der Waals surface area contributed by atoms with Crippen LogP contribution in [-0.4, -0.2) is 0 Å². The van der Waals surface area contributed by atoms with Crippen LogP contribution >= 0.6 is 0 Å². The zero-order valence-electron chi connectivity index (χ0n) is 21.1. The number of rotatable bonds is 1. The van der Waals surface area contributed by atoms with Gasteiger partial charge in [-0.1, -0.05) is 103 Å². The molecular formula is C38H22O. The molecule has 1 heteroatoms. The number of hydrogen-bond acceptors (Lipinski definition) is 1. The Morgan fingerprint density at radius 2 is 0.897 bits per heavy atom. The smallest absolute Gasteiger partial charge is 0.136 e. The summed E-state index contributed by atoms with van der Waals surface area (Å²) in [7, 11) is 0. The third kappa shape index (κ3) is 2.96. The van der Waals surface area contributed by atoms with E-state index in [0.717, 1.165) is 21.9 Å². The average Bonchev–Trinajstić information content (AvgIpc) is 3.35. The van der Waals surface area contributed by atoms with Gasteiger partial charge >= 0.3 is 0 Å². The Morgan fingerprint density at radius 3 is 1.67 bits per heavy atom. The largest absolute Gasteiger partial charge is 0.456 e. The van der Waals surface area contributed by atoms with Crippen LogP contribution in [0.4, 0.5) is 0 Å². The number of furan rings is 1. The fourth-order valence-electron chi connectivity index (χ4n) is 6.56. The molecule has 8 aromatic carbocycles. The topological polar surface area (TPSA) is 13.1 Å². The summed E-state index contributed by atoms with van der Waals surface area (Å²) < 4.78 is 6.55. The Kier molecular flexibility index (Phi) is 4.11. The first kappa shape index (κ1) is 20.9. The summed E-state index contributed by atoms with van der Waals surface area (Å²) >= 11 is 0. The van der Waals surface area contributed by atoms with E-state index in [1.54, 1.807) is 0 Å². The van der Waals surface area contributed by atoms with Crippen molar-refractivity contribution >= 4 is 75.8 Å². The van der Waals surface area contributed by atoms with Crippen molar-refractivity contribution in [3.8, 4) is 11.1 Å². The summed E-state index contributed by atoms with van der Waals surface area (Å²) in [6, 6.07) is 48.4. The van der Waals surface area contributed by atoms with Gasteiger partial charge in [0.1, 0.15) is 11.2 Å². The molecule has 9 rings (SSSR count). The lowest BCUT2D eigenvalue weighted by atomic mass is 9.93. The molecule has 1 heterocycles. The van der Waals surface area contributed by atoms with Crippen LogP contribution in [0.2, 0.25) is 0 Å². The van der Waals surface area contributed by atoms with E-state index in [0.29, 0.717) is 0 Å². The van der Waals surface area contributed by atoms with Crippen LogP contribution in [0.1, 0.15) is 0 Å². The summed E-state index contributed by atoms with van der Waals surface area (Å²) in [6.45, 7) is 0. The van der Waals surface area contributed by atoms with Crippen LogP contribution in [0, 0.1) is 0 Å². The van der Waals surface area contributed by atoms with Gasteiger partial charge in [-0.25, -0.2) is 0 Å². The highest BCUT2D eigenvalue weighted by molar-refractivity contribution is 6.28. The molecule has 0 saturated heterocycles. The molecule has 1 aromatic heterocycles. The van der Waals surface area contributed by atoms with Gasteiger partial charge in [0.05, 0.1) is 0 Å². The lowest BCUT2D eigenvalue weighted by molar-refractivity contribution is 0.670. The third-order valence-corrected chi connectivity index (χ3v) is 8.39. The maximum absolute atomic E-state index is 6.55. The van der Waals surface area contributed by atoms with Gasteiger partial charge < -0.3 is 4.42 Å². The second-order valence-electron chi connectivity index (χ2n) is 10.5. The molecule has 0 amide bonds. The fourth-order valence-corrected chi connectivity index (χ4v) is 6.56. The summed E-state index contributed by atoms with van der Waals surface area (Å²) in [5, 5.41) is 14.9. The van der Waals surface area contributed by atoms with E-state index < -0.39 is 0 Å². The molecule has 1 nitrogen and oxygen atoms in total. The Morgan fingerprint density at radius 1 is 0.308 bits per heavy atom. The van der Waals surface area contributed by atoms with Gasteiger partial charge in [-0.2, -0.15) is 0 Å². The van der Waals surface area contributed by atoms with Crippen molar-refractivity contribution in [1.82, 2.24) is 0 Å². The summed E-state index contributed by atoms with van der Waals surface area (Å²) in [6.07, 6.45) is 0. The first-order valence-corrected chi connectivity index (χ1v) is 13.4. The molecule has 0 aliphatic heterocycles. The van der Waals surface area contributed by atoms with Crippen LogP contribution < -0.4 is 0 Å².